The summed E-state index contributed by atoms with van der Waals surface area (Å²) in [5, 5.41) is 1.40. The quantitative estimate of drug-likeness (QED) is 0.252. The average molecular weight is 519 g/mol. The summed E-state index contributed by atoms with van der Waals surface area (Å²) < 4.78 is 2.03. The molecule has 0 aliphatic heterocycles. The number of carbonyl (C=O) groups excluding carboxylic acids is 1. The third kappa shape index (κ3) is 5.40. The van der Waals surface area contributed by atoms with Crippen molar-refractivity contribution in [2.24, 2.45) is 0 Å². The molecule has 4 rings (SSSR count). The summed E-state index contributed by atoms with van der Waals surface area (Å²) in [6.45, 7) is 0.395. The normalized spacial score (nSPS) is 11.0. The SMILES string of the molecule is O=C(CCSc1ccc(Cl)cc1)N(Cc1ccccn1)c1nc2ccc(Br)cc2s1. The van der Waals surface area contributed by atoms with Crippen molar-refractivity contribution in [1.29, 1.82) is 0 Å². The topological polar surface area (TPSA) is 46.1 Å². The molecule has 0 saturated carbocycles. The second-order valence-electron chi connectivity index (χ2n) is 6.46. The Morgan fingerprint density at radius 2 is 1.97 bits per heavy atom. The largest absolute Gasteiger partial charge is 0.282 e. The number of benzene rings is 2. The number of carbonyl (C=O) groups is 1. The highest BCUT2D eigenvalue weighted by Crippen LogP contribution is 2.32. The maximum Gasteiger partial charge on any atom is 0.229 e. The van der Waals surface area contributed by atoms with Crippen molar-refractivity contribution in [2.75, 3.05) is 10.7 Å². The Morgan fingerprint density at radius 3 is 2.73 bits per heavy atom. The van der Waals surface area contributed by atoms with Gasteiger partial charge in [-0.05, 0) is 54.6 Å². The first-order valence-electron chi connectivity index (χ1n) is 9.23. The van der Waals surface area contributed by atoms with Crippen LogP contribution < -0.4 is 4.90 Å². The van der Waals surface area contributed by atoms with Crippen LogP contribution in [0.4, 0.5) is 5.13 Å². The van der Waals surface area contributed by atoms with Crippen LogP contribution in [0.5, 0.6) is 0 Å². The first-order chi connectivity index (χ1) is 14.6. The molecule has 0 radical (unpaired) electrons. The van der Waals surface area contributed by atoms with Gasteiger partial charge in [0.15, 0.2) is 5.13 Å². The minimum absolute atomic E-state index is 0.0280. The van der Waals surface area contributed by atoms with Crippen LogP contribution in [0.1, 0.15) is 12.1 Å². The molecule has 4 nitrogen and oxygen atoms in total. The molecule has 2 aromatic carbocycles. The highest BCUT2D eigenvalue weighted by Gasteiger charge is 2.20. The van der Waals surface area contributed by atoms with Gasteiger partial charge in [0.05, 0.1) is 22.5 Å². The van der Waals surface area contributed by atoms with Gasteiger partial charge in [-0.25, -0.2) is 4.98 Å². The Hall–Kier alpha value is -1.93. The molecule has 152 valence electrons. The zero-order valence-electron chi connectivity index (χ0n) is 15.8. The summed E-state index contributed by atoms with van der Waals surface area (Å²) in [6.07, 6.45) is 2.14. The van der Waals surface area contributed by atoms with Crippen LogP contribution in [0.2, 0.25) is 5.02 Å². The Labute approximate surface area is 196 Å². The van der Waals surface area contributed by atoms with E-state index in [1.165, 1.54) is 11.3 Å². The van der Waals surface area contributed by atoms with Gasteiger partial charge in [0.2, 0.25) is 5.91 Å². The summed E-state index contributed by atoms with van der Waals surface area (Å²) in [5.74, 6) is 0.704. The van der Waals surface area contributed by atoms with E-state index in [1.807, 2.05) is 60.7 Å². The fraction of sp³-hybridized carbons (Fsp3) is 0.136. The van der Waals surface area contributed by atoms with Gasteiger partial charge < -0.3 is 0 Å². The van der Waals surface area contributed by atoms with Crippen LogP contribution >= 0.6 is 50.6 Å². The molecule has 2 aromatic heterocycles. The average Bonchev–Trinajstić information content (AvgIpc) is 3.17. The standard InChI is InChI=1S/C22H17BrClN3OS2/c23-15-4-9-19-20(13-15)30-22(26-19)27(14-17-3-1-2-11-25-17)21(28)10-12-29-18-7-5-16(24)6-8-18/h1-9,11,13H,10,12,14H2. The summed E-state index contributed by atoms with van der Waals surface area (Å²) in [7, 11) is 0. The van der Waals surface area contributed by atoms with E-state index in [0.29, 0.717) is 28.9 Å². The third-order valence-electron chi connectivity index (χ3n) is 4.32. The maximum absolute atomic E-state index is 13.2. The number of fused-ring (bicyclic) bond motifs is 1. The monoisotopic (exact) mass is 517 g/mol. The first-order valence-corrected chi connectivity index (χ1v) is 12.2. The van der Waals surface area contributed by atoms with Crippen molar-refractivity contribution in [2.45, 2.75) is 17.9 Å². The molecule has 4 aromatic rings. The number of thioether (sulfide) groups is 1. The minimum atomic E-state index is 0.0280. The van der Waals surface area contributed by atoms with E-state index < -0.39 is 0 Å². The molecule has 8 heteroatoms. The van der Waals surface area contributed by atoms with Crippen LogP contribution in [0, 0.1) is 0 Å². The number of halogens is 2. The molecule has 0 atom stereocenters. The van der Waals surface area contributed by atoms with Gasteiger partial charge >= 0.3 is 0 Å². The molecule has 2 heterocycles. The second kappa shape index (κ2) is 9.92. The van der Waals surface area contributed by atoms with Gasteiger partial charge in [0.25, 0.3) is 0 Å². The molecule has 0 bridgehead atoms. The fourth-order valence-corrected chi connectivity index (χ4v) is 5.34. The Balaban J connectivity index is 1.52. The number of thiazole rings is 1. The van der Waals surface area contributed by atoms with Crippen LogP contribution in [0.15, 0.2) is 76.2 Å². The van der Waals surface area contributed by atoms with Gasteiger partial charge in [-0.3, -0.25) is 14.7 Å². The zero-order chi connectivity index (χ0) is 20.9. The number of anilines is 1. The number of amides is 1. The lowest BCUT2D eigenvalue weighted by Crippen LogP contribution is -2.30. The number of nitrogens with zero attached hydrogens (tertiary/aromatic N) is 3. The van der Waals surface area contributed by atoms with E-state index in [4.69, 9.17) is 16.6 Å². The molecule has 1 amide bonds. The predicted octanol–water partition coefficient (Wildman–Crippen LogP) is 6.82. The van der Waals surface area contributed by atoms with E-state index in [1.54, 1.807) is 22.9 Å². The fourth-order valence-electron chi connectivity index (χ4n) is 2.84. The summed E-state index contributed by atoms with van der Waals surface area (Å²) in [4.78, 5) is 25.1. The number of rotatable bonds is 7. The lowest BCUT2D eigenvalue weighted by molar-refractivity contribution is -0.118. The first kappa shape index (κ1) is 21.3. The number of pyridine rings is 1. The molecule has 0 unspecified atom stereocenters. The molecule has 0 saturated heterocycles. The molecule has 0 aliphatic rings. The van der Waals surface area contributed by atoms with Crippen LogP contribution in [0.3, 0.4) is 0 Å². The van der Waals surface area contributed by atoms with Gasteiger partial charge in [0.1, 0.15) is 0 Å². The maximum atomic E-state index is 13.2. The van der Waals surface area contributed by atoms with E-state index in [2.05, 4.69) is 20.9 Å². The van der Waals surface area contributed by atoms with Crippen molar-refractivity contribution >= 4 is 71.9 Å². The van der Waals surface area contributed by atoms with Crippen molar-refractivity contribution in [1.82, 2.24) is 9.97 Å². The van der Waals surface area contributed by atoms with Gasteiger partial charge in [0, 0.05) is 32.8 Å². The highest BCUT2D eigenvalue weighted by molar-refractivity contribution is 9.10. The van der Waals surface area contributed by atoms with Crippen LogP contribution in [-0.2, 0) is 11.3 Å². The van der Waals surface area contributed by atoms with E-state index in [-0.39, 0.29) is 5.91 Å². The number of hydrogen-bond donors (Lipinski definition) is 0. The van der Waals surface area contributed by atoms with Crippen molar-refractivity contribution in [3.05, 3.63) is 82.0 Å². The zero-order valence-corrected chi connectivity index (χ0v) is 19.8. The summed E-state index contributed by atoms with van der Waals surface area (Å²) in [6, 6.07) is 19.3. The molecule has 0 aliphatic carbocycles. The molecule has 0 spiro atoms. The molecule has 0 N–H and O–H groups in total. The Bertz CT molecular complexity index is 1150. The molecular formula is C22H17BrClN3OS2. The molecule has 30 heavy (non-hydrogen) atoms. The molecular weight excluding hydrogens is 502 g/mol. The van der Waals surface area contributed by atoms with Gasteiger partial charge in [-0.2, -0.15) is 0 Å². The van der Waals surface area contributed by atoms with Gasteiger partial charge in [-0.15, -0.1) is 11.8 Å². The highest BCUT2D eigenvalue weighted by atomic mass is 79.9. The number of hydrogen-bond acceptors (Lipinski definition) is 5. The van der Waals surface area contributed by atoms with E-state index in [9.17, 15) is 4.79 Å². The lowest BCUT2D eigenvalue weighted by Gasteiger charge is -2.19. The lowest BCUT2D eigenvalue weighted by atomic mass is 10.3. The van der Waals surface area contributed by atoms with Crippen molar-refractivity contribution < 1.29 is 4.79 Å². The van der Waals surface area contributed by atoms with E-state index >= 15 is 0 Å². The number of aromatic nitrogens is 2. The minimum Gasteiger partial charge on any atom is -0.282 e. The summed E-state index contributed by atoms with van der Waals surface area (Å²) >= 11 is 12.6. The van der Waals surface area contributed by atoms with E-state index in [0.717, 1.165) is 25.3 Å². The van der Waals surface area contributed by atoms with Crippen molar-refractivity contribution in [3.8, 4) is 0 Å². The van der Waals surface area contributed by atoms with Crippen LogP contribution in [-0.4, -0.2) is 21.6 Å². The summed E-state index contributed by atoms with van der Waals surface area (Å²) in [5.41, 5.74) is 1.71. The van der Waals surface area contributed by atoms with Crippen molar-refractivity contribution in [3.63, 3.8) is 0 Å². The Morgan fingerprint density at radius 1 is 1.13 bits per heavy atom. The van der Waals surface area contributed by atoms with Crippen LogP contribution in [0.25, 0.3) is 10.2 Å². The Kier molecular flexibility index (Phi) is 7.04. The molecule has 0 fully saturated rings. The smallest absolute Gasteiger partial charge is 0.229 e. The second-order valence-corrected chi connectivity index (χ2v) is 9.99. The van der Waals surface area contributed by atoms with Gasteiger partial charge in [-0.1, -0.05) is 44.9 Å². The third-order valence-corrected chi connectivity index (χ3v) is 7.12. The predicted molar refractivity (Wildman–Crippen MR) is 130 cm³/mol.